The number of aromatic nitrogens is 2. The monoisotopic (exact) mass is 221 g/mol. The standard InChI is InChI=1S/C12H19N3O/c1-9-6-10(15(2)14-9)7-11(16)8-12(13)4-3-5-12/h6H,3-5,7-8,13H2,1-2H3. The van der Waals surface area contributed by atoms with Gasteiger partial charge in [0.15, 0.2) is 0 Å². The third-order valence-corrected chi connectivity index (χ3v) is 3.38. The van der Waals surface area contributed by atoms with E-state index >= 15 is 0 Å². The molecule has 16 heavy (non-hydrogen) atoms. The van der Waals surface area contributed by atoms with Gasteiger partial charge in [-0.2, -0.15) is 5.10 Å². The number of aryl methyl sites for hydroxylation is 2. The van der Waals surface area contributed by atoms with Crippen molar-refractivity contribution in [1.29, 1.82) is 0 Å². The largest absolute Gasteiger partial charge is 0.325 e. The normalized spacial score (nSPS) is 18.2. The summed E-state index contributed by atoms with van der Waals surface area (Å²) < 4.78 is 1.77. The van der Waals surface area contributed by atoms with Crippen molar-refractivity contribution in [2.24, 2.45) is 12.8 Å². The zero-order chi connectivity index (χ0) is 11.8. The maximum absolute atomic E-state index is 11.9. The van der Waals surface area contributed by atoms with Crippen LogP contribution in [0.15, 0.2) is 6.07 Å². The fraction of sp³-hybridized carbons (Fsp3) is 0.667. The van der Waals surface area contributed by atoms with E-state index in [2.05, 4.69) is 5.10 Å². The summed E-state index contributed by atoms with van der Waals surface area (Å²) in [4.78, 5) is 11.9. The van der Waals surface area contributed by atoms with Gasteiger partial charge in [0.1, 0.15) is 5.78 Å². The molecule has 1 heterocycles. The fourth-order valence-corrected chi connectivity index (χ4v) is 2.29. The summed E-state index contributed by atoms with van der Waals surface area (Å²) in [6.07, 6.45) is 4.11. The maximum Gasteiger partial charge on any atom is 0.140 e. The van der Waals surface area contributed by atoms with Crippen LogP contribution in [0.1, 0.15) is 37.1 Å². The number of rotatable bonds is 4. The van der Waals surface area contributed by atoms with Crippen molar-refractivity contribution >= 4 is 5.78 Å². The van der Waals surface area contributed by atoms with Crippen LogP contribution in [0.5, 0.6) is 0 Å². The average molecular weight is 221 g/mol. The molecule has 1 aromatic rings. The number of ketones is 1. The number of carbonyl (C=O) groups is 1. The molecule has 2 rings (SSSR count). The van der Waals surface area contributed by atoms with E-state index in [1.807, 2.05) is 20.0 Å². The first-order chi connectivity index (χ1) is 7.48. The second kappa shape index (κ2) is 4.01. The Morgan fingerprint density at radius 2 is 2.31 bits per heavy atom. The first kappa shape index (κ1) is 11.3. The van der Waals surface area contributed by atoms with Gasteiger partial charge in [-0.05, 0) is 32.3 Å². The molecule has 0 unspecified atom stereocenters. The molecule has 0 saturated heterocycles. The van der Waals surface area contributed by atoms with Crippen molar-refractivity contribution in [1.82, 2.24) is 9.78 Å². The minimum Gasteiger partial charge on any atom is -0.325 e. The molecular formula is C12H19N3O. The van der Waals surface area contributed by atoms with E-state index in [1.165, 1.54) is 0 Å². The zero-order valence-corrected chi connectivity index (χ0v) is 9.99. The molecule has 4 nitrogen and oxygen atoms in total. The highest BCUT2D eigenvalue weighted by atomic mass is 16.1. The van der Waals surface area contributed by atoms with E-state index in [1.54, 1.807) is 4.68 Å². The Balaban J connectivity index is 1.94. The number of nitrogens with zero attached hydrogens (tertiary/aromatic N) is 2. The van der Waals surface area contributed by atoms with E-state index in [9.17, 15) is 4.79 Å². The number of hydrogen-bond donors (Lipinski definition) is 1. The number of carbonyl (C=O) groups excluding carboxylic acids is 1. The molecule has 0 spiro atoms. The summed E-state index contributed by atoms with van der Waals surface area (Å²) in [6.45, 7) is 1.93. The molecule has 0 aliphatic heterocycles. The minimum absolute atomic E-state index is 0.204. The van der Waals surface area contributed by atoms with Crippen molar-refractivity contribution in [3.63, 3.8) is 0 Å². The summed E-state index contributed by atoms with van der Waals surface area (Å²) in [5.74, 6) is 0.227. The highest BCUT2D eigenvalue weighted by molar-refractivity contribution is 5.81. The van der Waals surface area contributed by atoms with Gasteiger partial charge in [0.05, 0.1) is 5.69 Å². The van der Waals surface area contributed by atoms with Gasteiger partial charge < -0.3 is 5.73 Å². The van der Waals surface area contributed by atoms with E-state index < -0.39 is 0 Å². The number of Topliss-reactive ketones (excluding diaryl/α,β-unsaturated/α-hetero) is 1. The van der Waals surface area contributed by atoms with Gasteiger partial charge in [0.2, 0.25) is 0 Å². The van der Waals surface area contributed by atoms with Gasteiger partial charge in [-0.3, -0.25) is 9.48 Å². The molecule has 1 aromatic heterocycles. The van der Waals surface area contributed by atoms with Gasteiger partial charge in [-0.15, -0.1) is 0 Å². The summed E-state index contributed by atoms with van der Waals surface area (Å²) >= 11 is 0. The van der Waals surface area contributed by atoms with Crippen molar-refractivity contribution in [2.45, 2.75) is 44.6 Å². The molecule has 1 fully saturated rings. The van der Waals surface area contributed by atoms with Crippen molar-refractivity contribution in [3.8, 4) is 0 Å². The predicted octanol–water partition coefficient (Wildman–Crippen LogP) is 1.11. The summed E-state index contributed by atoms with van der Waals surface area (Å²) in [5, 5.41) is 4.23. The maximum atomic E-state index is 11.9. The summed E-state index contributed by atoms with van der Waals surface area (Å²) in [5.41, 5.74) is 7.79. The first-order valence-corrected chi connectivity index (χ1v) is 5.79. The Hall–Kier alpha value is -1.16. The Morgan fingerprint density at radius 1 is 1.62 bits per heavy atom. The molecule has 0 atom stereocenters. The van der Waals surface area contributed by atoms with E-state index in [0.29, 0.717) is 12.8 Å². The molecule has 0 amide bonds. The Morgan fingerprint density at radius 3 is 2.75 bits per heavy atom. The van der Waals surface area contributed by atoms with Crippen LogP contribution in [-0.2, 0) is 18.3 Å². The fourth-order valence-electron chi connectivity index (χ4n) is 2.29. The van der Waals surface area contributed by atoms with Gasteiger partial charge in [-0.25, -0.2) is 0 Å². The van der Waals surface area contributed by atoms with Crippen molar-refractivity contribution in [2.75, 3.05) is 0 Å². The Kier molecular flexibility index (Phi) is 2.84. The SMILES string of the molecule is Cc1cc(CC(=O)CC2(N)CCC2)n(C)n1. The molecule has 2 N–H and O–H groups in total. The van der Waals surface area contributed by atoms with Crippen LogP contribution in [0, 0.1) is 6.92 Å². The van der Waals surface area contributed by atoms with Crippen LogP contribution in [-0.4, -0.2) is 21.1 Å². The van der Waals surface area contributed by atoms with E-state index in [-0.39, 0.29) is 11.3 Å². The lowest BCUT2D eigenvalue weighted by atomic mass is 9.74. The van der Waals surface area contributed by atoms with Crippen LogP contribution in [0.3, 0.4) is 0 Å². The van der Waals surface area contributed by atoms with Crippen LogP contribution >= 0.6 is 0 Å². The predicted molar refractivity (Wildman–Crippen MR) is 62.0 cm³/mol. The quantitative estimate of drug-likeness (QED) is 0.828. The van der Waals surface area contributed by atoms with Crippen molar-refractivity contribution in [3.05, 3.63) is 17.5 Å². The molecule has 88 valence electrons. The summed E-state index contributed by atoms with van der Waals surface area (Å²) in [6, 6.07) is 1.96. The molecule has 0 bridgehead atoms. The molecule has 4 heteroatoms. The van der Waals surface area contributed by atoms with Gasteiger partial charge in [0.25, 0.3) is 0 Å². The third-order valence-electron chi connectivity index (χ3n) is 3.38. The van der Waals surface area contributed by atoms with Crippen LogP contribution in [0.2, 0.25) is 0 Å². The summed E-state index contributed by atoms with van der Waals surface area (Å²) in [7, 11) is 1.87. The lowest BCUT2D eigenvalue weighted by Gasteiger charge is -2.37. The van der Waals surface area contributed by atoms with Crippen LogP contribution < -0.4 is 5.73 Å². The molecular weight excluding hydrogens is 202 g/mol. The molecule has 1 aliphatic carbocycles. The second-order valence-corrected chi connectivity index (χ2v) is 5.01. The zero-order valence-electron chi connectivity index (χ0n) is 9.99. The molecule has 0 aromatic carbocycles. The van der Waals surface area contributed by atoms with Gasteiger partial charge in [0, 0.05) is 31.1 Å². The minimum atomic E-state index is -0.204. The topological polar surface area (TPSA) is 60.9 Å². The average Bonchev–Trinajstić information content (AvgIpc) is 2.42. The van der Waals surface area contributed by atoms with Crippen LogP contribution in [0.4, 0.5) is 0 Å². The highest BCUT2D eigenvalue weighted by Gasteiger charge is 2.34. The number of hydrogen-bond acceptors (Lipinski definition) is 3. The first-order valence-electron chi connectivity index (χ1n) is 5.79. The van der Waals surface area contributed by atoms with Gasteiger partial charge in [-0.1, -0.05) is 0 Å². The van der Waals surface area contributed by atoms with Gasteiger partial charge >= 0.3 is 0 Å². The molecule has 0 radical (unpaired) electrons. The lowest BCUT2D eigenvalue weighted by molar-refractivity contribution is -0.120. The molecule has 1 aliphatic rings. The van der Waals surface area contributed by atoms with E-state index in [4.69, 9.17) is 5.73 Å². The smallest absolute Gasteiger partial charge is 0.140 e. The van der Waals surface area contributed by atoms with Crippen molar-refractivity contribution < 1.29 is 4.79 Å². The Bertz CT molecular complexity index is 404. The number of nitrogens with two attached hydrogens (primary N) is 1. The van der Waals surface area contributed by atoms with E-state index in [0.717, 1.165) is 30.7 Å². The van der Waals surface area contributed by atoms with Crippen LogP contribution in [0.25, 0.3) is 0 Å². The highest BCUT2D eigenvalue weighted by Crippen LogP contribution is 2.32. The Labute approximate surface area is 95.8 Å². The third kappa shape index (κ3) is 2.32. The second-order valence-electron chi connectivity index (χ2n) is 5.01. The molecule has 1 saturated carbocycles. The lowest BCUT2D eigenvalue weighted by Crippen LogP contribution is -2.48.